The van der Waals surface area contributed by atoms with Crippen molar-refractivity contribution in [2.75, 3.05) is 7.11 Å². The highest BCUT2D eigenvalue weighted by molar-refractivity contribution is 7.92. The molecule has 3 aromatic rings. The first kappa shape index (κ1) is 21.6. The Bertz CT molecular complexity index is 1090. The van der Waals surface area contributed by atoms with Crippen LogP contribution >= 0.6 is 0 Å². The van der Waals surface area contributed by atoms with Gasteiger partial charge in [0.05, 0.1) is 7.11 Å². The number of amides is 1. The third-order valence-electron chi connectivity index (χ3n) is 4.84. The molecule has 0 fully saturated rings. The Hall–Kier alpha value is -3.13. The number of hydrogen-bond acceptors (Lipinski definition) is 5. The maximum Gasteiger partial charge on any atom is 0.238 e. The van der Waals surface area contributed by atoms with Gasteiger partial charge in [0.25, 0.3) is 0 Å². The van der Waals surface area contributed by atoms with Crippen LogP contribution in [0.15, 0.2) is 67.0 Å². The molecular weight excluding hydrogens is 402 g/mol. The molecule has 158 valence electrons. The van der Waals surface area contributed by atoms with Crippen LogP contribution in [0.5, 0.6) is 5.75 Å². The fraction of sp³-hybridized carbons (Fsp3) is 0.273. The molecule has 1 amide bonds. The van der Waals surface area contributed by atoms with E-state index in [0.29, 0.717) is 18.1 Å². The van der Waals surface area contributed by atoms with Crippen molar-refractivity contribution in [3.05, 3.63) is 83.9 Å². The van der Waals surface area contributed by atoms with E-state index in [1.54, 1.807) is 36.2 Å². The zero-order valence-corrected chi connectivity index (χ0v) is 17.8. The first-order valence-electron chi connectivity index (χ1n) is 9.55. The highest BCUT2D eigenvalue weighted by Crippen LogP contribution is 2.14. The minimum atomic E-state index is -3.73. The minimum Gasteiger partial charge on any atom is -0.497 e. The van der Waals surface area contributed by atoms with Gasteiger partial charge in [0.2, 0.25) is 5.91 Å². The summed E-state index contributed by atoms with van der Waals surface area (Å²) < 4.78 is 32.6. The lowest BCUT2D eigenvalue weighted by atomic mass is 10.2. The maximum atomic E-state index is 12.8. The van der Waals surface area contributed by atoms with Crippen LogP contribution in [0, 0.1) is 0 Å². The largest absolute Gasteiger partial charge is 0.497 e. The molecule has 0 aliphatic carbocycles. The van der Waals surface area contributed by atoms with Crippen molar-refractivity contribution in [3.8, 4) is 5.75 Å². The zero-order valence-electron chi connectivity index (χ0n) is 17.0. The van der Waals surface area contributed by atoms with Gasteiger partial charge in [-0.15, -0.1) is 0 Å². The summed E-state index contributed by atoms with van der Waals surface area (Å²) in [5, 5.41) is 1.50. The summed E-state index contributed by atoms with van der Waals surface area (Å²) in [4.78, 5) is 16.7. The first-order valence-corrected chi connectivity index (χ1v) is 11.3. The lowest BCUT2D eigenvalue weighted by Gasteiger charge is -2.14. The van der Waals surface area contributed by atoms with E-state index >= 15 is 0 Å². The Morgan fingerprint density at radius 1 is 1.13 bits per heavy atom. The average molecular weight is 428 g/mol. The van der Waals surface area contributed by atoms with Gasteiger partial charge in [0, 0.05) is 25.5 Å². The molecule has 0 saturated carbocycles. The molecule has 1 N–H and O–H groups in total. The maximum absolute atomic E-state index is 12.8. The molecule has 1 unspecified atom stereocenters. The van der Waals surface area contributed by atoms with E-state index in [1.807, 2.05) is 42.5 Å². The van der Waals surface area contributed by atoms with E-state index in [9.17, 15) is 13.2 Å². The van der Waals surface area contributed by atoms with Gasteiger partial charge in [-0.1, -0.05) is 42.5 Å². The van der Waals surface area contributed by atoms with Crippen LogP contribution in [-0.4, -0.2) is 36.2 Å². The van der Waals surface area contributed by atoms with Crippen molar-refractivity contribution in [1.29, 1.82) is 0 Å². The highest BCUT2D eigenvalue weighted by atomic mass is 32.2. The van der Waals surface area contributed by atoms with Crippen LogP contribution in [0.3, 0.4) is 0 Å². The van der Waals surface area contributed by atoms with E-state index in [1.165, 1.54) is 6.92 Å². The molecule has 0 aliphatic heterocycles. The first-order chi connectivity index (χ1) is 14.4. The van der Waals surface area contributed by atoms with E-state index in [2.05, 4.69) is 10.3 Å². The van der Waals surface area contributed by atoms with E-state index in [0.717, 1.165) is 11.1 Å². The summed E-state index contributed by atoms with van der Waals surface area (Å²) >= 11 is 0. The Balaban J connectivity index is 1.63. The third kappa shape index (κ3) is 5.48. The standard InChI is InChI=1S/C22H25N3O4S/c1-17(22(26)24-14-19-9-6-10-20(13-19)29-2)30(27,28)16-21-23-11-12-25(21)15-18-7-4-3-5-8-18/h3-13,17H,14-16H2,1-2H3,(H,24,26). The molecular formula is C22H25N3O4S. The number of nitrogens with zero attached hydrogens (tertiary/aromatic N) is 2. The van der Waals surface area contributed by atoms with Crippen LogP contribution in [-0.2, 0) is 33.5 Å². The molecule has 0 bridgehead atoms. The van der Waals surface area contributed by atoms with Crippen molar-refractivity contribution >= 4 is 15.7 Å². The molecule has 1 heterocycles. The van der Waals surface area contributed by atoms with Crippen molar-refractivity contribution in [2.24, 2.45) is 0 Å². The van der Waals surface area contributed by atoms with E-state index < -0.39 is 21.0 Å². The van der Waals surface area contributed by atoms with Gasteiger partial charge in [-0.2, -0.15) is 0 Å². The van der Waals surface area contributed by atoms with Crippen LogP contribution < -0.4 is 10.1 Å². The van der Waals surface area contributed by atoms with Gasteiger partial charge in [0.15, 0.2) is 9.84 Å². The fourth-order valence-electron chi connectivity index (χ4n) is 2.99. The van der Waals surface area contributed by atoms with Gasteiger partial charge in [-0.3, -0.25) is 4.79 Å². The topological polar surface area (TPSA) is 90.3 Å². The predicted octanol–water partition coefficient (Wildman–Crippen LogP) is 2.56. The smallest absolute Gasteiger partial charge is 0.238 e. The van der Waals surface area contributed by atoms with Gasteiger partial charge in [-0.25, -0.2) is 13.4 Å². The summed E-state index contributed by atoms with van der Waals surface area (Å²) in [5.74, 6) is 0.235. The van der Waals surface area contributed by atoms with Gasteiger partial charge in [0.1, 0.15) is 22.6 Å². The minimum absolute atomic E-state index is 0.221. The summed E-state index contributed by atoms with van der Waals surface area (Å²) in [5.41, 5.74) is 1.86. The molecule has 30 heavy (non-hydrogen) atoms. The second-order valence-electron chi connectivity index (χ2n) is 6.98. The molecule has 0 aliphatic rings. The summed E-state index contributed by atoms with van der Waals surface area (Å²) in [6.07, 6.45) is 3.31. The molecule has 1 atom stereocenters. The number of sulfone groups is 1. The molecule has 7 nitrogen and oxygen atoms in total. The predicted molar refractivity (Wildman–Crippen MR) is 115 cm³/mol. The quantitative estimate of drug-likeness (QED) is 0.567. The molecule has 2 aromatic carbocycles. The molecule has 0 saturated heterocycles. The lowest BCUT2D eigenvalue weighted by molar-refractivity contribution is -0.120. The van der Waals surface area contributed by atoms with Crippen LogP contribution in [0.4, 0.5) is 0 Å². The van der Waals surface area contributed by atoms with Crippen LogP contribution in [0.2, 0.25) is 0 Å². The second-order valence-corrected chi connectivity index (χ2v) is 9.30. The average Bonchev–Trinajstić information content (AvgIpc) is 3.18. The SMILES string of the molecule is COc1cccc(CNC(=O)C(C)S(=O)(=O)Cc2nccn2Cc2ccccc2)c1. The Morgan fingerprint density at radius 2 is 1.87 bits per heavy atom. The molecule has 8 heteroatoms. The highest BCUT2D eigenvalue weighted by Gasteiger charge is 2.29. The number of aromatic nitrogens is 2. The lowest BCUT2D eigenvalue weighted by Crippen LogP contribution is -2.38. The van der Waals surface area contributed by atoms with Crippen molar-refractivity contribution < 1.29 is 17.9 Å². The van der Waals surface area contributed by atoms with Crippen molar-refractivity contribution in [1.82, 2.24) is 14.9 Å². The number of rotatable bonds is 9. The number of methoxy groups -OCH3 is 1. The summed E-state index contributed by atoms with van der Waals surface area (Å²) in [6.45, 7) is 2.14. The monoisotopic (exact) mass is 427 g/mol. The normalized spacial score (nSPS) is 12.3. The number of carbonyl (C=O) groups excluding carboxylic acids is 1. The van der Waals surface area contributed by atoms with Crippen LogP contribution in [0.25, 0.3) is 0 Å². The van der Waals surface area contributed by atoms with Gasteiger partial charge in [-0.05, 0) is 30.2 Å². The van der Waals surface area contributed by atoms with Crippen molar-refractivity contribution in [2.45, 2.75) is 31.0 Å². The summed E-state index contributed by atoms with van der Waals surface area (Å²) in [7, 11) is -2.17. The van der Waals surface area contributed by atoms with Crippen molar-refractivity contribution in [3.63, 3.8) is 0 Å². The fourth-order valence-corrected chi connectivity index (χ4v) is 4.25. The van der Waals surface area contributed by atoms with E-state index in [-0.39, 0.29) is 12.3 Å². The number of carbonyl (C=O) groups is 1. The van der Waals surface area contributed by atoms with E-state index in [4.69, 9.17) is 4.74 Å². The Labute approximate surface area is 176 Å². The Morgan fingerprint density at radius 3 is 2.60 bits per heavy atom. The summed E-state index contributed by atoms with van der Waals surface area (Å²) in [6, 6.07) is 17.0. The third-order valence-corrected chi connectivity index (χ3v) is 6.79. The zero-order chi connectivity index (χ0) is 21.6. The molecule has 1 aromatic heterocycles. The molecule has 3 rings (SSSR count). The second kappa shape index (κ2) is 9.58. The number of benzene rings is 2. The Kier molecular flexibility index (Phi) is 6.89. The van der Waals surface area contributed by atoms with Crippen LogP contribution in [0.1, 0.15) is 23.9 Å². The number of imidazole rings is 1. The number of hydrogen-bond donors (Lipinski definition) is 1. The number of ether oxygens (including phenoxy) is 1. The molecule has 0 spiro atoms. The van der Waals surface area contributed by atoms with Gasteiger partial charge < -0.3 is 14.6 Å². The number of nitrogens with one attached hydrogen (secondary N) is 1. The van der Waals surface area contributed by atoms with Gasteiger partial charge >= 0.3 is 0 Å². The molecule has 0 radical (unpaired) electrons.